The van der Waals surface area contributed by atoms with E-state index in [1.807, 2.05) is 40.6 Å². The number of allylic oxidation sites excluding steroid dienone is 2. The van der Waals surface area contributed by atoms with Gasteiger partial charge in [-0.2, -0.15) is 0 Å². The molecule has 1 saturated carbocycles. The van der Waals surface area contributed by atoms with Crippen LogP contribution in [0, 0.1) is 12.7 Å². The summed E-state index contributed by atoms with van der Waals surface area (Å²) in [4.78, 5) is 22.9. The first-order chi connectivity index (χ1) is 21.8. The summed E-state index contributed by atoms with van der Waals surface area (Å²) in [5.74, 6) is -0.319. The average molecular weight is 608 g/mol. The predicted octanol–water partition coefficient (Wildman–Crippen LogP) is 4.67. The summed E-state index contributed by atoms with van der Waals surface area (Å²) in [7, 11) is 0. The summed E-state index contributed by atoms with van der Waals surface area (Å²) in [5.41, 5.74) is 3.85. The van der Waals surface area contributed by atoms with E-state index >= 15 is 0 Å². The fraction of sp³-hybridized carbons (Fsp3) is 0.242. The van der Waals surface area contributed by atoms with Gasteiger partial charge in [0, 0.05) is 36.1 Å². The Labute approximate surface area is 257 Å². The van der Waals surface area contributed by atoms with Crippen molar-refractivity contribution in [2.75, 3.05) is 0 Å². The Hall–Kier alpha value is -5.36. The van der Waals surface area contributed by atoms with E-state index in [0.717, 1.165) is 18.4 Å². The second kappa shape index (κ2) is 11.3. The molecule has 12 heteroatoms. The topological polar surface area (TPSA) is 131 Å². The molecule has 0 amide bonds. The lowest BCUT2D eigenvalue weighted by Gasteiger charge is -2.28. The smallest absolute Gasteiger partial charge is 0.335 e. The molecular formula is C33H30FN7O4. The summed E-state index contributed by atoms with van der Waals surface area (Å²) in [5, 5.41) is 29.0. The van der Waals surface area contributed by atoms with Crippen molar-refractivity contribution in [3.05, 3.63) is 119 Å². The first-order valence-corrected chi connectivity index (χ1v) is 14.6. The zero-order valence-electron chi connectivity index (χ0n) is 24.4. The molecule has 0 saturated heterocycles. The van der Waals surface area contributed by atoms with Crippen molar-refractivity contribution in [2.45, 2.75) is 51.2 Å². The van der Waals surface area contributed by atoms with Gasteiger partial charge in [-0.15, -0.1) is 5.10 Å². The lowest BCUT2D eigenvalue weighted by molar-refractivity contribution is 0.0695. The van der Waals surface area contributed by atoms with Gasteiger partial charge < -0.3 is 24.4 Å². The third-order valence-corrected chi connectivity index (χ3v) is 8.30. The number of hydrogen-bond donors (Lipinski definition) is 2. The van der Waals surface area contributed by atoms with Gasteiger partial charge in [0.1, 0.15) is 24.5 Å². The molecule has 228 valence electrons. The molecule has 7 rings (SSSR count). The van der Waals surface area contributed by atoms with Gasteiger partial charge in [-0.05, 0) is 67.8 Å². The maximum Gasteiger partial charge on any atom is 0.335 e. The van der Waals surface area contributed by atoms with E-state index in [1.54, 1.807) is 59.8 Å². The van der Waals surface area contributed by atoms with Crippen molar-refractivity contribution < 1.29 is 24.1 Å². The van der Waals surface area contributed by atoms with Gasteiger partial charge in [-0.3, -0.25) is 0 Å². The lowest BCUT2D eigenvalue weighted by Crippen LogP contribution is -2.32. The van der Waals surface area contributed by atoms with Crippen LogP contribution in [0.2, 0.25) is 0 Å². The standard InChI is InChI=1S/C33H30FN7O4/c1-21-5-6-24(25(34)15-21)19-45-30-4-2-3-26(37-30)22-9-13-39(31(42)17-22)18-29-36-27-8-7-23(32(43)44)16-28(27)40(29)20-33(10-11-33)41-14-12-35-38-41/h2-9,12-17,31,42H,10-11,18-20H2,1H3,(H,43,44). The number of hydrogen-bond acceptors (Lipinski definition) is 8. The molecule has 4 heterocycles. The molecule has 5 aromatic rings. The number of carboxylic acid groups (broad SMARTS) is 1. The number of carboxylic acids is 1. The molecule has 1 aliphatic carbocycles. The highest BCUT2D eigenvalue weighted by Crippen LogP contribution is 2.45. The number of fused-ring (bicyclic) bond motifs is 1. The van der Waals surface area contributed by atoms with Crippen molar-refractivity contribution in [2.24, 2.45) is 0 Å². The lowest BCUT2D eigenvalue weighted by atomic mass is 10.1. The summed E-state index contributed by atoms with van der Waals surface area (Å²) < 4.78 is 23.9. The molecule has 2 N–H and O–H groups in total. The van der Waals surface area contributed by atoms with Crippen molar-refractivity contribution in [1.29, 1.82) is 0 Å². The zero-order valence-corrected chi connectivity index (χ0v) is 24.4. The molecule has 2 aliphatic rings. The minimum atomic E-state index is -1.01. The molecule has 1 fully saturated rings. The van der Waals surface area contributed by atoms with Crippen LogP contribution < -0.4 is 4.74 Å². The largest absolute Gasteiger partial charge is 0.478 e. The van der Waals surface area contributed by atoms with Crippen LogP contribution >= 0.6 is 0 Å². The number of aryl methyl sites for hydroxylation is 1. The Morgan fingerprint density at radius 1 is 1.13 bits per heavy atom. The number of ether oxygens (including phenoxy) is 1. The molecule has 1 aliphatic heterocycles. The van der Waals surface area contributed by atoms with Gasteiger partial charge in [0.15, 0.2) is 0 Å². The SMILES string of the molecule is Cc1ccc(COc2cccc(C3=CC(O)N(Cc4nc5ccc(C(=O)O)cc5n4CC4(n5ccnn5)CC4)C=C3)n2)c(F)c1. The molecule has 45 heavy (non-hydrogen) atoms. The third-order valence-electron chi connectivity index (χ3n) is 8.30. The first-order valence-electron chi connectivity index (χ1n) is 14.6. The number of imidazole rings is 1. The van der Waals surface area contributed by atoms with Crippen LogP contribution in [-0.2, 0) is 25.2 Å². The van der Waals surface area contributed by atoms with E-state index in [9.17, 15) is 19.4 Å². The Kier molecular flexibility index (Phi) is 7.13. The van der Waals surface area contributed by atoms with Gasteiger partial charge in [-0.25, -0.2) is 23.8 Å². The third kappa shape index (κ3) is 5.67. The quantitative estimate of drug-likeness (QED) is 0.233. The second-order valence-electron chi connectivity index (χ2n) is 11.5. The Morgan fingerprint density at radius 2 is 2.00 bits per heavy atom. The van der Waals surface area contributed by atoms with E-state index < -0.39 is 12.2 Å². The van der Waals surface area contributed by atoms with Crippen LogP contribution in [0.4, 0.5) is 4.39 Å². The number of pyridine rings is 1. The normalized spacial score (nSPS) is 17.0. The first kappa shape index (κ1) is 28.4. The molecule has 1 unspecified atom stereocenters. The Morgan fingerprint density at radius 3 is 2.73 bits per heavy atom. The minimum absolute atomic E-state index is 0.0427. The summed E-state index contributed by atoms with van der Waals surface area (Å²) in [6.45, 7) is 2.67. The maximum atomic E-state index is 14.3. The van der Waals surface area contributed by atoms with Crippen molar-refractivity contribution in [3.8, 4) is 5.88 Å². The number of halogens is 1. The second-order valence-corrected chi connectivity index (χ2v) is 11.5. The van der Waals surface area contributed by atoms with Crippen LogP contribution in [-0.4, -0.2) is 56.8 Å². The molecule has 11 nitrogen and oxygen atoms in total. The van der Waals surface area contributed by atoms with Crippen LogP contribution in [0.25, 0.3) is 16.6 Å². The monoisotopic (exact) mass is 607 g/mol. The van der Waals surface area contributed by atoms with Gasteiger partial charge >= 0.3 is 5.97 Å². The van der Waals surface area contributed by atoms with Gasteiger partial charge in [0.25, 0.3) is 0 Å². The molecule has 0 spiro atoms. The number of aliphatic hydroxyl groups is 1. The fourth-order valence-corrected chi connectivity index (χ4v) is 5.60. The number of aliphatic hydroxyl groups excluding tert-OH is 1. The van der Waals surface area contributed by atoms with E-state index in [2.05, 4.69) is 15.3 Å². The zero-order chi connectivity index (χ0) is 31.1. The molecule has 2 aromatic carbocycles. The fourth-order valence-electron chi connectivity index (χ4n) is 5.60. The van der Waals surface area contributed by atoms with E-state index in [4.69, 9.17) is 9.72 Å². The highest BCUT2D eigenvalue weighted by atomic mass is 19.1. The predicted molar refractivity (Wildman–Crippen MR) is 162 cm³/mol. The van der Waals surface area contributed by atoms with Crippen LogP contribution in [0.15, 0.2) is 85.3 Å². The molecule has 0 bridgehead atoms. The maximum absolute atomic E-state index is 14.3. The molecule has 0 radical (unpaired) electrons. The average Bonchev–Trinajstić information content (AvgIpc) is 3.44. The highest BCUT2D eigenvalue weighted by Gasteiger charge is 2.46. The summed E-state index contributed by atoms with van der Waals surface area (Å²) in [6.07, 6.45) is 9.65. The molecular weight excluding hydrogens is 577 g/mol. The van der Waals surface area contributed by atoms with Crippen LogP contribution in [0.1, 0.15) is 45.8 Å². The van der Waals surface area contributed by atoms with E-state index in [0.29, 0.717) is 46.1 Å². The van der Waals surface area contributed by atoms with Gasteiger partial charge in [-0.1, -0.05) is 23.4 Å². The number of aromatic carboxylic acids is 1. The Balaban J connectivity index is 1.11. The van der Waals surface area contributed by atoms with Crippen molar-refractivity contribution in [1.82, 2.24) is 34.4 Å². The van der Waals surface area contributed by atoms with Crippen LogP contribution in [0.5, 0.6) is 5.88 Å². The number of rotatable bonds is 10. The van der Waals surface area contributed by atoms with Crippen LogP contribution in [0.3, 0.4) is 0 Å². The van der Waals surface area contributed by atoms with Crippen molar-refractivity contribution in [3.63, 3.8) is 0 Å². The van der Waals surface area contributed by atoms with E-state index in [1.165, 1.54) is 6.07 Å². The summed E-state index contributed by atoms with van der Waals surface area (Å²) in [6, 6.07) is 15.2. The van der Waals surface area contributed by atoms with E-state index in [-0.39, 0.29) is 30.1 Å². The van der Waals surface area contributed by atoms with Crippen molar-refractivity contribution >= 4 is 22.6 Å². The number of benzene rings is 2. The number of aromatic nitrogens is 6. The van der Waals surface area contributed by atoms with Gasteiger partial charge in [0.05, 0.1) is 40.6 Å². The number of nitrogens with zero attached hydrogens (tertiary/aromatic N) is 7. The van der Waals surface area contributed by atoms with Gasteiger partial charge in [0.2, 0.25) is 5.88 Å². The minimum Gasteiger partial charge on any atom is -0.478 e. The summed E-state index contributed by atoms with van der Waals surface area (Å²) >= 11 is 0. The number of carbonyl (C=O) groups is 1. The molecule has 3 aromatic heterocycles. The Bertz CT molecular complexity index is 1960. The molecule has 1 atom stereocenters. The highest BCUT2D eigenvalue weighted by molar-refractivity contribution is 5.92.